The van der Waals surface area contributed by atoms with E-state index in [2.05, 4.69) is 46.6 Å². The Morgan fingerprint density at radius 1 is 1.15 bits per heavy atom. The van der Waals surface area contributed by atoms with Gasteiger partial charge in [-0.15, -0.1) is 0 Å². The molecule has 0 aromatic heterocycles. The van der Waals surface area contributed by atoms with Crippen LogP contribution in [-0.2, 0) is 6.54 Å². The van der Waals surface area contributed by atoms with E-state index in [9.17, 15) is 8.78 Å². The Balaban J connectivity index is 1.70. The van der Waals surface area contributed by atoms with Gasteiger partial charge in [0.2, 0.25) is 0 Å². The molecule has 1 aliphatic heterocycles. The normalized spacial score (nSPS) is 17.2. The van der Waals surface area contributed by atoms with Crippen LogP contribution in [0.25, 0.3) is 0 Å². The lowest BCUT2D eigenvalue weighted by Crippen LogP contribution is -2.50. The van der Waals surface area contributed by atoms with Gasteiger partial charge in [-0.1, -0.05) is 6.07 Å². The first-order valence-corrected chi connectivity index (χ1v) is 9.65. The number of rotatable bonds is 6. The van der Waals surface area contributed by atoms with Gasteiger partial charge < -0.3 is 16.0 Å². The van der Waals surface area contributed by atoms with Gasteiger partial charge in [0.25, 0.3) is 0 Å². The van der Waals surface area contributed by atoms with Gasteiger partial charge in [0.15, 0.2) is 17.6 Å². The highest BCUT2D eigenvalue weighted by molar-refractivity contribution is 5.79. The lowest BCUT2D eigenvalue weighted by atomic mass is 10.0. The van der Waals surface area contributed by atoms with Gasteiger partial charge in [-0.05, 0) is 51.3 Å². The Morgan fingerprint density at radius 2 is 1.85 bits per heavy atom. The van der Waals surface area contributed by atoms with Crippen LogP contribution < -0.4 is 16.0 Å². The molecule has 0 bridgehead atoms. The highest BCUT2D eigenvalue weighted by Crippen LogP contribution is 2.15. The molecule has 0 atom stereocenters. The molecular weight excluding hydrogens is 348 g/mol. The van der Waals surface area contributed by atoms with Gasteiger partial charge in [-0.25, -0.2) is 8.78 Å². The molecule has 27 heavy (non-hydrogen) atoms. The van der Waals surface area contributed by atoms with Gasteiger partial charge in [-0.2, -0.15) is 0 Å². The minimum absolute atomic E-state index is 0.110. The summed E-state index contributed by atoms with van der Waals surface area (Å²) in [7, 11) is 1.78. The average molecular weight is 382 g/mol. The number of benzene rings is 1. The molecular formula is C20H33F2N5. The Labute approximate surface area is 161 Å². The number of hydrogen-bond donors (Lipinski definition) is 3. The van der Waals surface area contributed by atoms with Gasteiger partial charge in [-0.3, -0.25) is 9.89 Å². The van der Waals surface area contributed by atoms with Gasteiger partial charge in [0, 0.05) is 51.4 Å². The van der Waals surface area contributed by atoms with E-state index in [1.54, 1.807) is 13.1 Å². The zero-order chi connectivity index (χ0) is 19.9. The fourth-order valence-electron chi connectivity index (χ4n) is 3.14. The fraction of sp³-hybridized carbons (Fsp3) is 0.650. The summed E-state index contributed by atoms with van der Waals surface area (Å²) in [5, 5.41) is 10.3. The maximum atomic E-state index is 13.3. The maximum absolute atomic E-state index is 13.3. The van der Waals surface area contributed by atoms with Crippen molar-refractivity contribution in [3.63, 3.8) is 0 Å². The van der Waals surface area contributed by atoms with E-state index < -0.39 is 11.6 Å². The first-order chi connectivity index (χ1) is 12.8. The molecule has 0 unspecified atom stereocenters. The third-order valence-electron chi connectivity index (χ3n) is 4.61. The number of nitrogens with zero attached hydrogens (tertiary/aromatic N) is 2. The van der Waals surface area contributed by atoms with Gasteiger partial charge >= 0.3 is 0 Å². The molecule has 0 spiro atoms. The highest BCUT2D eigenvalue weighted by atomic mass is 19.2. The van der Waals surface area contributed by atoms with Gasteiger partial charge in [0.05, 0.1) is 0 Å². The average Bonchev–Trinajstić information content (AvgIpc) is 2.61. The molecule has 7 heteroatoms. The smallest absolute Gasteiger partial charge is 0.191 e. The van der Waals surface area contributed by atoms with E-state index in [1.165, 1.54) is 12.1 Å². The lowest BCUT2D eigenvalue weighted by molar-refractivity contribution is 0.198. The second-order valence-corrected chi connectivity index (χ2v) is 8.12. The molecule has 1 aliphatic rings. The van der Waals surface area contributed by atoms with Crippen LogP contribution in [0.15, 0.2) is 23.2 Å². The SMILES string of the molecule is CN=C(NCCNC(C)(C)C)NC1CCN(Cc2ccc(F)c(F)c2)CC1. The number of guanidine groups is 1. The zero-order valence-electron chi connectivity index (χ0n) is 16.9. The molecule has 5 nitrogen and oxygen atoms in total. The van der Waals surface area contributed by atoms with Crippen molar-refractivity contribution in [2.75, 3.05) is 33.2 Å². The Bertz CT molecular complexity index is 619. The second-order valence-electron chi connectivity index (χ2n) is 8.12. The third kappa shape index (κ3) is 7.81. The van der Waals surface area contributed by atoms with E-state index >= 15 is 0 Å². The van der Waals surface area contributed by atoms with Crippen LogP contribution in [0.4, 0.5) is 8.78 Å². The van der Waals surface area contributed by atoms with Crippen LogP contribution in [-0.4, -0.2) is 55.7 Å². The van der Waals surface area contributed by atoms with E-state index in [1.807, 2.05) is 0 Å². The van der Waals surface area contributed by atoms with Crippen molar-refractivity contribution in [3.8, 4) is 0 Å². The van der Waals surface area contributed by atoms with E-state index in [-0.39, 0.29) is 5.54 Å². The Hall–Kier alpha value is -1.73. The largest absolute Gasteiger partial charge is 0.355 e. The van der Waals surface area contributed by atoms with Crippen LogP contribution >= 0.6 is 0 Å². The minimum atomic E-state index is -0.793. The predicted molar refractivity (Wildman–Crippen MR) is 107 cm³/mol. The van der Waals surface area contributed by atoms with E-state index in [0.29, 0.717) is 12.6 Å². The van der Waals surface area contributed by atoms with Crippen LogP contribution in [0, 0.1) is 11.6 Å². The van der Waals surface area contributed by atoms with Crippen LogP contribution in [0.3, 0.4) is 0 Å². The summed E-state index contributed by atoms with van der Waals surface area (Å²) in [6.45, 7) is 10.6. The van der Waals surface area contributed by atoms with Crippen molar-refractivity contribution >= 4 is 5.96 Å². The second kappa shape index (κ2) is 9.99. The quantitative estimate of drug-likeness (QED) is 0.403. The Morgan fingerprint density at radius 3 is 2.44 bits per heavy atom. The van der Waals surface area contributed by atoms with E-state index in [0.717, 1.165) is 50.5 Å². The summed E-state index contributed by atoms with van der Waals surface area (Å²) in [5.41, 5.74) is 0.919. The van der Waals surface area contributed by atoms with Crippen molar-refractivity contribution in [3.05, 3.63) is 35.4 Å². The standard InChI is InChI=1S/C20H33F2N5/c1-20(2,3)25-10-9-24-19(23-4)26-16-7-11-27(12-8-16)14-15-5-6-17(21)18(22)13-15/h5-6,13,16,25H,7-12,14H2,1-4H3,(H2,23,24,26). The van der Waals surface area contributed by atoms with Crippen molar-refractivity contribution in [2.24, 2.45) is 4.99 Å². The third-order valence-corrected chi connectivity index (χ3v) is 4.61. The first-order valence-electron chi connectivity index (χ1n) is 9.65. The molecule has 1 heterocycles. The summed E-state index contributed by atoms with van der Waals surface area (Å²) in [4.78, 5) is 6.57. The summed E-state index contributed by atoms with van der Waals surface area (Å²) < 4.78 is 26.4. The van der Waals surface area contributed by atoms with E-state index in [4.69, 9.17) is 0 Å². The van der Waals surface area contributed by atoms with Crippen molar-refractivity contribution in [1.29, 1.82) is 0 Å². The summed E-state index contributed by atoms with van der Waals surface area (Å²) >= 11 is 0. The molecule has 0 radical (unpaired) electrons. The van der Waals surface area contributed by atoms with Gasteiger partial charge in [0.1, 0.15) is 0 Å². The molecule has 2 rings (SSSR count). The molecule has 0 saturated carbocycles. The van der Waals surface area contributed by atoms with Crippen LogP contribution in [0.5, 0.6) is 0 Å². The number of aliphatic imine (C=N–C) groups is 1. The summed E-state index contributed by atoms with van der Waals surface area (Å²) in [6.07, 6.45) is 1.98. The van der Waals surface area contributed by atoms with Crippen LogP contribution in [0.1, 0.15) is 39.2 Å². The zero-order valence-corrected chi connectivity index (χ0v) is 16.9. The highest BCUT2D eigenvalue weighted by Gasteiger charge is 2.20. The molecule has 1 aromatic rings. The summed E-state index contributed by atoms with van der Waals surface area (Å²) in [5.74, 6) is -0.747. The number of likely N-dealkylation sites (tertiary alicyclic amines) is 1. The topological polar surface area (TPSA) is 51.7 Å². The molecule has 1 saturated heterocycles. The maximum Gasteiger partial charge on any atom is 0.191 e. The number of hydrogen-bond acceptors (Lipinski definition) is 3. The number of halogens is 2. The first kappa shape index (κ1) is 21.6. The van der Waals surface area contributed by atoms with Crippen molar-refractivity contribution in [2.45, 2.75) is 51.7 Å². The minimum Gasteiger partial charge on any atom is -0.355 e. The van der Waals surface area contributed by atoms with Crippen molar-refractivity contribution < 1.29 is 8.78 Å². The molecule has 3 N–H and O–H groups in total. The predicted octanol–water partition coefficient (Wildman–Crippen LogP) is 2.48. The molecule has 152 valence electrons. The fourth-order valence-corrected chi connectivity index (χ4v) is 3.14. The molecule has 0 amide bonds. The lowest BCUT2D eigenvalue weighted by Gasteiger charge is -2.33. The Kier molecular flexibility index (Phi) is 7.98. The molecule has 1 fully saturated rings. The van der Waals surface area contributed by atoms with Crippen LogP contribution in [0.2, 0.25) is 0 Å². The molecule has 1 aromatic carbocycles. The number of piperidine rings is 1. The monoisotopic (exact) mass is 381 g/mol. The summed E-state index contributed by atoms with van der Waals surface area (Å²) in [6, 6.07) is 4.51. The number of nitrogens with one attached hydrogen (secondary N) is 3. The van der Waals surface area contributed by atoms with Crippen molar-refractivity contribution in [1.82, 2.24) is 20.9 Å². The molecule has 0 aliphatic carbocycles.